The number of fused-ring (bicyclic) bond motifs is 2. The Kier molecular flexibility index (Phi) is 4.36. The SMILES string of the molecule is CC1(CNc2ncc3c(-c4ccn5ncc(C(=O)Nc6cccnc6)c5c4)c[nH]c3n2)CC1. The molecule has 1 aliphatic rings. The molecule has 0 aromatic carbocycles. The molecule has 0 aliphatic heterocycles. The van der Waals surface area contributed by atoms with E-state index in [0.29, 0.717) is 28.1 Å². The number of aromatic nitrogens is 6. The number of pyridine rings is 2. The van der Waals surface area contributed by atoms with E-state index in [1.807, 2.05) is 30.7 Å². The lowest BCUT2D eigenvalue weighted by Crippen LogP contribution is -2.13. The molecule has 0 saturated heterocycles. The van der Waals surface area contributed by atoms with Crippen LogP contribution in [0.25, 0.3) is 27.7 Å². The van der Waals surface area contributed by atoms with E-state index in [2.05, 4.69) is 42.6 Å². The van der Waals surface area contributed by atoms with Crippen molar-refractivity contribution in [2.24, 2.45) is 5.41 Å². The van der Waals surface area contributed by atoms with Gasteiger partial charge in [0.1, 0.15) is 5.65 Å². The van der Waals surface area contributed by atoms with Crippen LogP contribution in [0, 0.1) is 5.41 Å². The van der Waals surface area contributed by atoms with Crippen molar-refractivity contribution < 1.29 is 4.79 Å². The number of carbonyl (C=O) groups is 1. The Labute approximate surface area is 189 Å². The third-order valence-corrected chi connectivity index (χ3v) is 6.21. The fourth-order valence-corrected chi connectivity index (χ4v) is 3.87. The number of anilines is 2. The summed E-state index contributed by atoms with van der Waals surface area (Å²) in [5, 5.41) is 11.5. The van der Waals surface area contributed by atoms with Gasteiger partial charge in [0, 0.05) is 42.3 Å². The van der Waals surface area contributed by atoms with Crippen LogP contribution in [-0.4, -0.2) is 42.0 Å². The maximum Gasteiger partial charge on any atom is 0.259 e. The Morgan fingerprint density at radius 3 is 2.97 bits per heavy atom. The molecule has 6 rings (SSSR count). The van der Waals surface area contributed by atoms with Gasteiger partial charge in [0.15, 0.2) is 0 Å². The number of rotatable bonds is 6. The normalized spacial score (nSPS) is 14.5. The lowest BCUT2D eigenvalue weighted by atomic mass is 10.1. The second-order valence-corrected chi connectivity index (χ2v) is 8.82. The Bertz CT molecular complexity index is 1480. The fourth-order valence-electron chi connectivity index (χ4n) is 3.87. The van der Waals surface area contributed by atoms with Gasteiger partial charge in [0.2, 0.25) is 5.95 Å². The monoisotopic (exact) mass is 438 g/mol. The van der Waals surface area contributed by atoms with Gasteiger partial charge in [-0.15, -0.1) is 0 Å². The second kappa shape index (κ2) is 7.40. The minimum atomic E-state index is -0.238. The Morgan fingerprint density at radius 2 is 2.15 bits per heavy atom. The van der Waals surface area contributed by atoms with Crippen molar-refractivity contribution in [2.45, 2.75) is 19.8 Å². The molecule has 0 radical (unpaired) electrons. The molecule has 1 fully saturated rings. The number of H-pyrrole nitrogens is 1. The molecule has 1 aliphatic carbocycles. The average Bonchev–Trinajstić information content (AvgIpc) is 3.23. The van der Waals surface area contributed by atoms with E-state index >= 15 is 0 Å². The van der Waals surface area contributed by atoms with E-state index < -0.39 is 0 Å². The van der Waals surface area contributed by atoms with Gasteiger partial charge in [-0.2, -0.15) is 10.1 Å². The lowest BCUT2D eigenvalue weighted by Gasteiger charge is -2.09. The number of hydrogen-bond donors (Lipinski definition) is 3. The maximum atomic E-state index is 12.8. The lowest BCUT2D eigenvalue weighted by molar-refractivity contribution is 0.102. The summed E-state index contributed by atoms with van der Waals surface area (Å²) in [6.07, 6.45) is 12.9. The molecule has 9 heteroatoms. The fraction of sp³-hybridized carbons (Fsp3) is 0.208. The van der Waals surface area contributed by atoms with Crippen LogP contribution in [0.1, 0.15) is 30.1 Å². The zero-order valence-electron chi connectivity index (χ0n) is 18.0. The van der Waals surface area contributed by atoms with E-state index in [0.717, 1.165) is 28.7 Å². The molecule has 5 aromatic heterocycles. The summed E-state index contributed by atoms with van der Waals surface area (Å²) in [6, 6.07) is 7.48. The van der Waals surface area contributed by atoms with Crippen LogP contribution in [0.2, 0.25) is 0 Å². The van der Waals surface area contributed by atoms with Crippen LogP contribution in [0.5, 0.6) is 0 Å². The molecule has 1 amide bonds. The van der Waals surface area contributed by atoms with E-state index in [4.69, 9.17) is 0 Å². The standard InChI is InChI=1S/C24H22N8O/c1-24(5-6-24)14-28-23-27-12-18-17(11-26-21(18)31-23)15-4-8-32-20(9-15)19(13-29-32)22(33)30-16-3-2-7-25-10-16/h2-4,7-13H,5-6,14H2,1H3,(H,30,33)(H2,26,27,28,31). The van der Waals surface area contributed by atoms with Crippen molar-refractivity contribution >= 4 is 34.1 Å². The summed E-state index contributed by atoms with van der Waals surface area (Å²) in [7, 11) is 0. The van der Waals surface area contributed by atoms with Crippen LogP contribution < -0.4 is 10.6 Å². The summed E-state index contributed by atoms with van der Waals surface area (Å²) in [4.78, 5) is 29.3. The molecule has 5 heterocycles. The number of carbonyl (C=O) groups excluding carboxylic acids is 1. The van der Waals surface area contributed by atoms with Crippen molar-refractivity contribution in [1.82, 2.24) is 29.5 Å². The van der Waals surface area contributed by atoms with Gasteiger partial charge in [-0.05, 0) is 48.1 Å². The number of aromatic amines is 1. The molecule has 0 unspecified atom stereocenters. The highest BCUT2D eigenvalue weighted by atomic mass is 16.1. The molecule has 0 atom stereocenters. The topological polar surface area (TPSA) is 113 Å². The Morgan fingerprint density at radius 1 is 1.24 bits per heavy atom. The second-order valence-electron chi connectivity index (χ2n) is 8.82. The summed E-state index contributed by atoms with van der Waals surface area (Å²) < 4.78 is 1.69. The molecule has 33 heavy (non-hydrogen) atoms. The minimum Gasteiger partial charge on any atom is -0.354 e. The first-order chi connectivity index (χ1) is 16.1. The maximum absolute atomic E-state index is 12.8. The largest absolute Gasteiger partial charge is 0.354 e. The molecular formula is C24H22N8O. The van der Waals surface area contributed by atoms with Crippen molar-refractivity contribution in [3.05, 3.63) is 67.0 Å². The molecule has 5 aromatic rings. The summed E-state index contributed by atoms with van der Waals surface area (Å²) in [6.45, 7) is 3.15. The number of hydrogen-bond acceptors (Lipinski definition) is 6. The first-order valence-corrected chi connectivity index (χ1v) is 10.9. The molecule has 0 bridgehead atoms. The Hall–Kier alpha value is -4.27. The summed E-state index contributed by atoms with van der Waals surface area (Å²) >= 11 is 0. The summed E-state index contributed by atoms with van der Waals surface area (Å²) in [5.41, 5.74) is 4.88. The van der Waals surface area contributed by atoms with Crippen LogP contribution in [0.4, 0.5) is 11.6 Å². The van der Waals surface area contributed by atoms with Crippen LogP contribution in [0.3, 0.4) is 0 Å². The average molecular weight is 438 g/mol. The summed E-state index contributed by atoms with van der Waals surface area (Å²) in [5.74, 6) is 0.391. The zero-order valence-corrected chi connectivity index (χ0v) is 18.0. The molecular weight excluding hydrogens is 416 g/mol. The molecule has 9 nitrogen and oxygen atoms in total. The number of nitrogens with one attached hydrogen (secondary N) is 3. The van der Waals surface area contributed by atoms with E-state index in [1.165, 1.54) is 12.8 Å². The first kappa shape index (κ1) is 19.4. The smallest absolute Gasteiger partial charge is 0.259 e. The molecule has 1 saturated carbocycles. The molecule has 164 valence electrons. The predicted octanol–water partition coefficient (Wildman–Crippen LogP) is 4.13. The van der Waals surface area contributed by atoms with E-state index in [1.54, 1.807) is 35.2 Å². The van der Waals surface area contributed by atoms with Crippen molar-refractivity contribution in [3.8, 4) is 11.1 Å². The van der Waals surface area contributed by atoms with E-state index in [9.17, 15) is 4.79 Å². The number of amides is 1. The van der Waals surface area contributed by atoms with Gasteiger partial charge in [-0.25, -0.2) is 9.50 Å². The van der Waals surface area contributed by atoms with Crippen molar-refractivity contribution in [1.29, 1.82) is 0 Å². The highest BCUT2D eigenvalue weighted by Gasteiger charge is 2.37. The highest BCUT2D eigenvalue weighted by molar-refractivity contribution is 6.09. The highest BCUT2D eigenvalue weighted by Crippen LogP contribution is 2.44. The van der Waals surface area contributed by atoms with Crippen LogP contribution >= 0.6 is 0 Å². The first-order valence-electron chi connectivity index (χ1n) is 10.9. The third-order valence-electron chi connectivity index (χ3n) is 6.21. The minimum absolute atomic E-state index is 0.238. The van der Waals surface area contributed by atoms with Crippen molar-refractivity contribution in [2.75, 3.05) is 17.2 Å². The predicted molar refractivity (Wildman–Crippen MR) is 126 cm³/mol. The third kappa shape index (κ3) is 3.67. The van der Waals surface area contributed by atoms with Gasteiger partial charge in [-0.1, -0.05) is 6.92 Å². The van der Waals surface area contributed by atoms with Crippen LogP contribution in [0.15, 0.2) is 61.4 Å². The Balaban J connectivity index is 1.31. The zero-order chi connectivity index (χ0) is 22.4. The number of nitrogens with zero attached hydrogens (tertiary/aromatic N) is 5. The molecule has 0 spiro atoms. The quantitative estimate of drug-likeness (QED) is 0.367. The van der Waals surface area contributed by atoms with Gasteiger partial charge >= 0.3 is 0 Å². The van der Waals surface area contributed by atoms with E-state index in [-0.39, 0.29) is 5.91 Å². The van der Waals surface area contributed by atoms with Gasteiger partial charge < -0.3 is 15.6 Å². The van der Waals surface area contributed by atoms with Gasteiger partial charge in [-0.3, -0.25) is 9.78 Å². The van der Waals surface area contributed by atoms with Gasteiger partial charge in [0.05, 0.1) is 29.2 Å². The van der Waals surface area contributed by atoms with Crippen molar-refractivity contribution in [3.63, 3.8) is 0 Å². The van der Waals surface area contributed by atoms with Crippen LogP contribution in [-0.2, 0) is 0 Å². The molecule has 3 N–H and O–H groups in total. The van der Waals surface area contributed by atoms with Gasteiger partial charge in [0.25, 0.3) is 5.91 Å².